The van der Waals surface area contributed by atoms with Crippen LogP contribution in [0.15, 0.2) is 54.6 Å². The van der Waals surface area contributed by atoms with Crippen molar-refractivity contribution in [3.8, 4) is 5.75 Å². The van der Waals surface area contributed by atoms with Crippen molar-refractivity contribution >= 4 is 6.03 Å². The zero-order valence-corrected chi connectivity index (χ0v) is 15.5. The highest BCUT2D eigenvalue weighted by Crippen LogP contribution is 2.22. The first-order valence-corrected chi connectivity index (χ1v) is 9.45. The van der Waals surface area contributed by atoms with Gasteiger partial charge in [-0.3, -0.25) is 0 Å². The Balaban J connectivity index is 1.39. The molecule has 2 aromatic rings. The van der Waals surface area contributed by atoms with E-state index in [4.69, 9.17) is 4.74 Å². The number of hydrogen-bond acceptors (Lipinski definition) is 2. The molecule has 2 aromatic carbocycles. The maximum Gasteiger partial charge on any atom is 0.317 e. The average Bonchev–Trinajstić information content (AvgIpc) is 2.69. The molecule has 26 heavy (non-hydrogen) atoms. The minimum atomic E-state index is 0.0538. The molecular formula is C22H28N2O2. The average molecular weight is 352 g/mol. The third-order valence-corrected chi connectivity index (χ3v) is 5.13. The molecule has 0 atom stereocenters. The van der Waals surface area contributed by atoms with E-state index >= 15 is 0 Å². The van der Waals surface area contributed by atoms with Crippen LogP contribution < -0.4 is 10.1 Å². The quantitative estimate of drug-likeness (QED) is 0.857. The van der Waals surface area contributed by atoms with Crippen LogP contribution in [0.4, 0.5) is 4.79 Å². The first-order chi connectivity index (χ1) is 12.8. The number of piperidine rings is 1. The molecule has 1 N–H and O–H groups in total. The van der Waals surface area contributed by atoms with E-state index < -0.39 is 0 Å². The summed E-state index contributed by atoms with van der Waals surface area (Å²) in [5.74, 6) is 1.55. The fourth-order valence-corrected chi connectivity index (χ4v) is 3.61. The van der Waals surface area contributed by atoms with Gasteiger partial charge < -0.3 is 15.0 Å². The topological polar surface area (TPSA) is 41.6 Å². The molecule has 4 nitrogen and oxygen atoms in total. The molecule has 2 amide bonds. The number of amides is 2. The monoisotopic (exact) mass is 352 g/mol. The molecular weight excluding hydrogens is 324 g/mol. The van der Waals surface area contributed by atoms with Gasteiger partial charge in [0.25, 0.3) is 0 Å². The van der Waals surface area contributed by atoms with E-state index in [1.807, 2.05) is 29.2 Å². The van der Waals surface area contributed by atoms with Crippen LogP contribution in [0.5, 0.6) is 5.75 Å². The molecule has 1 aliphatic heterocycles. The zero-order chi connectivity index (χ0) is 18.2. The second-order valence-corrected chi connectivity index (χ2v) is 6.91. The maximum atomic E-state index is 12.4. The van der Waals surface area contributed by atoms with Gasteiger partial charge in [-0.05, 0) is 48.8 Å². The fourth-order valence-electron chi connectivity index (χ4n) is 3.61. The van der Waals surface area contributed by atoms with Crippen molar-refractivity contribution < 1.29 is 9.53 Å². The van der Waals surface area contributed by atoms with Crippen molar-refractivity contribution in [1.82, 2.24) is 10.2 Å². The van der Waals surface area contributed by atoms with Gasteiger partial charge in [0.1, 0.15) is 5.75 Å². The van der Waals surface area contributed by atoms with Gasteiger partial charge in [0.15, 0.2) is 0 Å². The summed E-state index contributed by atoms with van der Waals surface area (Å²) in [7, 11) is 1.68. The van der Waals surface area contributed by atoms with Crippen LogP contribution in [0, 0.1) is 5.92 Å². The summed E-state index contributed by atoms with van der Waals surface area (Å²) in [6, 6.07) is 18.6. The SMILES string of the molecule is COc1ccccc1CCNC(=O)N1CCC(Cc2ccccc2)CC1. The van der Waals surface area contributed by atoms with E-state index in [1.165, 1.54) is 5.56 Å². The number of carbonyl (C=O) groups is 1. The summed E-state index contributed by atoms with van der Waals surface area (Å²) in [6.07, 6.45) is 4.05. The van der Waals surface area contributed by atoms with E-state index in [9.17, 15) is 4.79 Å². The normalized spacial score (nSPS) is 14.9. The fraction of sp³-hybridized carbons (Fsp3) is 0.409. The van der Waals surface area contributed by atoms with Crippen LogP contribution in [-0.4, -0.2) is 37.7 Å². The summed E-state index contributed by atoms with van der Waals surface area (Å²) in [4.78, 5) is 14.3. The lowest BCUT2D eigenvalue weighted by Crippen LogP contribution is -2.45. The predicted octanol–water partition coefficient (Wildman–Crippen LogP) is 3.90. The van der Waals surface area contributed by atoms with Crippen LogP contribution in [0.2, 0.25) is 0 Å². The van der Waals surface area contributed by atoms with E-state index in [0.29, 0.717) is 12.5 Å². The molecule has 1 aliphatic rings. The Kier molecular flexibility index (Phi) is 6.53. The number of ether oxygens (including phenoxy) is 1. The van der Waals surface area contributed by atoms with Crippen LogP contribution in [-0.2, 0) is 12.8 Å². The number of likely N-dealkylation sites (tertiary alicyclic amines) is 1. The van der Waals surface area contributed by atoms with Crippen molar-refractivity contribution in [3.63, 3.8) is 0 Å². The molecule has 3 rings (SSSR count). The molecule has 0 saturated carbocycles. The van der Waals surface area contributed by atoms with Crippen molar-refractivity contribution in [2.24, 2.45) is 5.92 Å². The number of nitrogens with zero attached hydrogens (tertiary/aromatic N) is 1. The van der Waals surface area contributed by atoms with Gasteiger partial charge in [0.05, 0.1) is 7.11 Å². The number of benzene rings is 2. The summed E-state index contributed by atoms with van der Waals surface area (Å²) in [5.41, 5.74) is 2.52. The van der Waals surface area contributed by atoms with Gasteiger partial charge in [-0.15, -0.1) is 0 Å². The Morgan fingerprint density at radius 3 is 2.50 bits per heavy atom. The van der Waals surface area contributed by atoms with Gasteiger partial charge in [-0.1, -0.05) is 48.5 Å². The number of para-hydroxylation sites is 1. The van der Waals surface area contributed by atoms with Gasteiger partial charge >= 0.3 is 6.03 Å². The predicted molar refractivity (Wildman–Crippen MR) is 105 cm³/mol. The third-order valence-electron chi connectivity index (χ3n) is 5.13. The minimum absolute atomic E-state index is 0.0538. The lowest BCUT2D eigenvalue weighted by Gasteiger charge is -2.32. The Bertz CT molecular complexity index is 694. The Morgan fingerprint density at radius 2 is 1.77 bits per heavy atom. The first-order valence-electron chi connectivity index (χ1n) is 9.45. The minimum Gasteiger partial charge on any atom is -0.496 e. The van der Waals surface area contributed by atoms with Crippen LogP contribution >= 0.6 is 0 Å². The van der Waals surface area contributed by atoms with Crippen LogP contribution in [0.1, 0.15) is 24.0 Å². The maximum absolute atomic E-state index is 12.4. The highest BCUT2D eigenvalue weighted by Gasteiger charge is 2.22. The summed E-state index contributed by atoms with van der Waals surface area (Å²) < 4.78 is 5.36. The molecule has 1 heterocycles. The van der Waals surface area contributed by atoms with E-state index in [1.54, 1.807) is 7.11 Å². The highest BCUT2D eigenvalue weighted by molar-refractivity contribution is 5.74. The molecule has 0 radical (unpaired) electrons. The summed E-state index contributed by atoms with van der Waals surface area (Å²) >= 11 is 0. The lowest BCUT2D eigenvalue weighted by molar-refractivity contribution is 0.170. The number of urea groups is 1. The van der Waals surface area contributed by atoms with Crippen molar-refractivity contribution in [3.05, 3.63) is 65.7 Å². The number of nitrogens with one attached hydrogen (secondary N) is 1. The third kappa shape index (κ3) is 5.01. The Morgan fingerprint density at radius 1 is 1.08 bits per heavy atom. The summed E-state index contributed by atoms with van der Waals surface area (Å²) in [6.45, 7) is 2.32. The molecule has 0 spiro atoms. The highest BCUT2D eigenvalue weighted by atomic mass is 16.5. The molecule has 0 bridgehead atoms. The van der Waals surface area contributed by atoms with Crippen molar-refractivity contribution in [2.75, 3.05) is 26.7 Å². The molecule has 1 fully saturated rings. The van der Waals surface area contributed by atoms with Gasteiger partial charge in [-0.2, -0.15) is 0 Å². The summed E-state index contributed by atoms with van der Waals surface area (Å²) in [5, 5.41) is 3.05. The van der Waals surface area contributed by atoms with Crippen molar-refractivity contribution in [1.29, 1.82) is 0 Å². The standard InChI is InChI=1S/C22H28N2O2/c1-26-21-10-6-5-9-20(21)11-14-23-22(25)24-15-12-19(13-16-24)17-18-7-3-2-4-8-18/h2-10,19H,11-17H2,1H3,(H,23,25). The number of methoxy groups -OCH3 is 1. The number of hydrogen-bond donors (Lipinski definition) is 1. The van der Waals surface area contributed by atoms with Crippen molar-refractivity contribution in [2.45, 2.75) is 25.7 Å². The van der Waals surface area contributed by atoms with Crippen LogP contribution in [0.3, 0.4) is 0 Å². The van der Waals surface area contributed by atoms with Gasteiger partial charge in [0, 0.05) is 19.6 Å². The molecule has 4 heteroatoms. The molecule has 0 aromatic heterocycles. The Labute approximate surface area is 156 Å². The smallest absolute Gasteiger partial charge is 0.317 e. The second kappa shape index (κ2) is 9.27. The van der Waals surface area contributed by atoms with E-state index in [2.05, 4.69) is 35.6 Å². The zero-order valence-electron chi connectivity index (χ0n) is 15.5. The van der Waals surface area contributed by atoms with Crippen LogP contribution in [0.25, 0.3) is 0 Å². The second-order valence-electron chi connectivity index (χ2n) is 6.91. The number of carbonyl (C=O) groups excluding carboxylic acids is 1. The Hall–Kier alpha value is -2.49. The molecule has 0 aliphatic carbocycles. The van der Waals surface area contributed by atoms with E-state index in [-0.39, 0.29) is 6.03 Å². The lowest BCUT2D eigenvalue weighted by atomic mass is 9.90. The van der Waals surface area contributed by atoms with E-state index in [0.717, 1.165) is 50.1 Å². The molecule has 138 valence electrons. The largest absolute Gasteiger partial charge is 0.496 e. The van der Waals surface area contributed by atoms with Gasteiger partial charge in [-0.25, -0.2) is 4.79 Å². The van der Waals surface area contributed by atoms with Gasteiger partial charge in [0.2, 0.25) is 0 Å². The molecule has 0 unspecified atom stereocenters. The first kappa shape index (κ1) is 18.3. The molecule has 1 saturated heterocycles. The number of rotatable bonds is 6.